The van der Waals surface area contributed by atoms with Crippen molar-refractivity contribution in [1.29, 1.82) is 0 Å². The molecule has 0 aromatic carbocycles. The van der Waals surface area contributed by atoms with E-state index in [1.54, 1.807) is 20.8 Å². The summed E-state index contributed by atoms with van der Waals surface area (Å²) in [5, 5.41) is 23.5. The molecule has 2 aliphatic carbocycles. The zero-order valence-corrected chi connectivity index (χ0v) is 33.9. The molecule has 10 nitrogen and oxygen atoms in total. The van der Waals surface area contributed by atoms with Crippen molar-refractivity contribution in [1.82, 2.24) is 0 Å². The topological polar surface area (TPSA) is 153 Å². The molecule has 298 valence electrons. The molecule has 2 fully saturated rings. The highest BCUT2D eigenvalue weighted by molar-refractivity contribution is 5.91. The molecule has 2 bridgehead atoms. The highest BCUT2D eigenvalue weighted by Crippen LogP contribution is 2.51. The van der Waals surface area contributed by atoms with E-state index in [-0.39, 0.29) is 60.8 Å². The number of fused-ring (bicyclic) bond motifs is 5. The van der Waals surface area contributed by atoms with Gasteiger partial charge in [-0.15, -0.1) is 0 Å². The highest BCUT2D eigenvalue weighted by atomic mass is 16.5. The van der Waals surface area contributed by atoms with E-state index in [9.17, 15) is 34.2 Å². The third-order valence-corrected chi connectivity index (χ3v) is 13.0. The molecule has 0 amide bonds. The summed E-state index contributed by atoms with van der Waals surface area (Å²) >= 11 is 0. The Bertz CT molecular complexity index is 1450. The second-order valence-electron chi connectivity index (χ2n) is 17.9. The summed E-state index contributed by atoms with van der Waals surface area (Å²) in [5.74, 6) is -5.57. The Hall–Kier alpha value is -2.69. The number of carbonyl (C=O) groups excluding carboxylic acids is 5. The summed E-state index contributed by atoms with van der Waals surface area (Å²) in [5.41, 5.74) is -0.583. The van der Waals surface area contributed by atoms with Gasteiger partial charge in [0, 0.05) is 56.3 Å². The van der Waals surface area contributed by atoms with Gasteiger partial charge < -0.3 is 24.4 Å². The molecule has 12 atom stereocenters. The van der Waals surface area contributed by atoms with E-state index in [0.717, 1.165) is 18.4 Å². The van der Waals surface area contributed by atoms with Gasteiger partial charge in [-0.1, -0.05) is 57.8 Å². The van der Waals surface area contributed by atoms with Crippen LogP contribution in [-0.4, -0.2) is 76.1 Å². The van der Waals surface area contributed by atoms with Crippen LogP contribution in [-0.2, 0) is 38.2 Å². The number of hydrogen-bond acceptors (Lipinski definition) is 10. The average Bonchev–Trinajstić information content (AvgIpc) is 3.04. The Balaban J connectivity index is 2.00. The number of Topliss-reactive ketones (excluding diaryl/α,β-unsaturated/α-hetero) is 3. The lowest BCUT2D eigenvalue weighted by atomic mass is 9.58. The minimum atomic E-state index is -1.52. The van der Waals surface area contributed by atoms with Crippen molar-refractivity contribution in [2.75, 3.05) is 7.11 Å². The predicted octanol–water partition coefficient (Wildman–Crippen LogP) is 6.67. The van der Waals surface area contributed by atoms with E-state index >= 15 is 0 Å². The summed E-state index contributed by atoms with van der Waals surface area (Å²) in [7, 11) is 1.29. The second kappa shape index (κ2) is 17.4. The average molecular weight is 743 g/mol. The molecule has 4 rings (SSSR count). The van der Waals surface area contributed by atoms with Crippen molar-refractivity contribution in [2.45, 2.75) is 162 Å². The van der Waals surface area contributed by atoms with Crippen molar-refractivity contribution in [3.8, 4) is 0 Å². The maximum absolute atomic E-state index is 15.0. The smallest absolute Gasteiger partial charge is 0.313 e. The van der Waals surface area contributed by atoms with E-state index in [1.807, 2.05) is 40.7 Å². The number of rotatable bonds is 3. The normalized spacial score (nSPS) is 40.8. The molecule has 1 saturated heterocycles. The molecule has 2 heterocycles. The molecule has 2 unspecified atom stereocenters. The van der Waals surface area contributed by atoms with Gasteiger partial charge in [-0.3, -0.25) is 24.0 Å². The van der Waals surface area contributed by atoms with Gasteiger partial charge in [0.1, 0.15) is 23.5 Å². The van der Waals surface area contributed by atoms with Crippen LogP contribution in [0.15, 0.2) is 22.8 Å². The fraction of sp³-hybridized carbons (Fsp3) is 0.791. The van der Waals surface area contributed by atoms with Gasteiger partial charge in [0.2, 0.25) is 0 Å². The third-order valence-electron chi connectivity index (χ3n) is 13.0. The number of aliphatic hydroxyl groups is 2. The van der Waals surface area contributed by atoms with Crippen LogP contribution in [0.5, 0.6) is 0 Å². The van der Waals surface area contributed by atoms with Gasteiger partial charge in [-0.25, -0.2) is 0 Å². The number of esters is 2. The molecule has 2 N–H and O–H groups in total. The molecule has 0 spiro atoms. The minimum Gasteiger partial charge on any atom is -0.469 e. The zero-order chi connectivity index (χ0) is 39.6. The van der Waals surface area contributed by atoms with Crippen LogP contribution in [0.4, 0.5) is 0 Å². The standard InChI is InChI=1S/C43H66O10/c1-23(2)29-20-32(45)26(5)13-11-12-24(3)19-34(47)40-30-18-25(4)14-15-36-42(8,49)17-16-37(53-36)43(9,50)22-35(52-28(7)44)38(30)27(6)39(41(48)51-10)31(40)21-33(29)46/h18,23-24,26,29-31,35-37,39-40,49-50H,11-17,19-22H2,1-10H3/b25-18+/t24-,26+,29-,30+,31?,35?,36-,37+,39-,40-,42+,43-/m0/s1. The van der Waals surface area contributed by atoms with Crippen LogP contribution in [0.25, 0.3) is 0 Å². The maximum Gasteiger partial charge on any atom is 0.313 e. The number of ether oxygens (including phenoxy) is 3. The number of methoxy groups -OCH3 is 1. The van der Waals surface area contributed by atoms with Gasteiger partial charge in [-0.05, 0) is 83.1 Å². The number of hydrogen-bond donors (Lipinski definition) is 2. The molecular formula is C43H66O10. The van der Waals surface area contributed by atoms with Gasteiger partial charge in [0.15, 0.2) is 0 Å². The SMILES string of the molecule is COC(=O)[C@H]1C(C)=C2C(OC(C)=O)C[C@](C)(O)[C@H]3CC[C@@](C)(O)[C@H](CC/C(C)=C/[C@H]2[C@@H]2C(=O)C[C@@H](C)CCC[C@@H](C)C(=O)C[C@@H](C(C)C)C(=O)CC12)O3. The Morgan fingerprint density at radius 1 is 0.906 bits per heavy atom. The summed E-state index contributed by atoms with van der Waals surface area (Å²) in [4.78, 5) is 69.8. The second-order valence-corrected chi connectivity index (χ2v) is 17.9. The van der Waals surface area contributed by atoms with Crippen molar-refractivity contribution in [2.24, 2.45) is 47.3 Å². The molecule has 0 radical (unpaired) electrons. The van der Waals surface area contributed by atoms with E-state index in [2.05, 4.69) is 0 Å². The molecule has 53 heavy (non-hydrogen) atoms. The fourth-order valence-electron chi connectivity index (χ4n) is 9.80. The van der Waals surface area contributed by atoms with Gasteiger partial charge >= 0.3 is 11.9 Å². The van der Waals surface area contributed by atoms with Crippen LogP contribution < -0.4 is 0 Å². The molecule has 0 aromatic heterocycles. The van der Waals surface area contributed by atoms with Gasteiger partial charge in [0.25, 0.3) is 0 Å². The van der Waals surface area contributed by atoms with Crippen LogP contribution in [0.3, 0.4) is 0 Å². The largest absolute Gasteiger partial charge is 0.469 e. The molecule has 2 aliphatic heterocycles. The zero-order valence-electron chi connectivity index (χ0n) is 33.9. The van der Waals surface area contributed by atoms with Crippen LogP contribution in [0, 0.1) is 47.3 Å². The van der Waals surface area contributed by atoms with E-state index in [0.29, 0.717) is 43.3 Å². The van der Waals surface area contributed by atoms with Crippen molar-refractivity contribution >= 4 is 29.3 Å². The molecule has 1 saturated carbocycles. The van der Waals surface area contributed by atoms with E-state index in [1.165, 1.54) is 14.0 Å². The van der Waals surface area contributed by atoms with E-state index < -0.39 is 71.0 Å². The number of carbonyl (C=O) groups is 5. The summed E-state index contributed by atoms with van der Waals surface area (Å²) in [6, 6.07) is 0. The van der Waals surface area contributed by atoms with Crippen LogP contribution in [0.2, 0.25) is 0 Å². The Morgan fingerprint density at radius 3 is 2.19 bits per heavy atom. The maximum atomic E-state index is 15.0. The lowest BCUT2D eigenvalue weighted by molar-refractivity contribution is -0.220. The van der Waals surface area contributed by atoms with Gasteiger partial charge in [-0.2, -0.15) is 0 Å². The summed E-state index contributed by atoms with van der Waals surface area (Å²) in [6.07, 6.45) is 3.90. The fourth-order valence-corrected chi connectivity index (χ4v) is 9.80. The predicted molar refractivity (Wildman–Crippen MR) is 200 cm³/mol. The minimum absolute atomic E-state index is 0.0142. The summed E-state index contributed by atoms with van der Waals surface area (Å²) in [6.45, 7) is 16.3. The van der Waals surface area contributed by atoms with Crippen molar-refractivity contribution < 1.29 is 48.4 Å². The first kappa shape index (κ1) is 43.0. The molecule has 0 aromatic rings. The molecule has 4 aliphatic rings. The third kappa shape index (κ3) is 9.95. The first-order valence-electron chi connectivity index (χ1n) is 20.0. The Labute approximate surface area is 316 Å². The first-order valence-corrected chi connectivity index (χ1v) is 20.0. The van der Waals surface area contributed by atoms with Gasteiger partial charge in [0.05, 0.1) is 36.4 Å². The lowest BCUT2D eigenvalue weighted by Gasteiger charge is -2.48. The Kier molecular flexibility index (Phi) is 14.1. The molecular weight excluding hydrogens is 676 g/mol. The quantitative estimate of drug-likeness (QED) is 0.237. The van der Waals surface area contributed by atoms with Crippen LogP contribution in [0.1, 0.15) is 133 Å². The monoisotopic (exact) mass is 742 g/mol. The Morgan fingerprint density at radius 2 is 1.57 bits per heavy atom. The van der Waals surface area contributed by atoms with Crippen molar-refractivity contribution in [3.05, 3.63) is 22.8 Å². The van der Waals surface area contributed by atoms with E-state index in [4.69, 9.17) is 14.2 Å². The lowest BCUT2D eigenvalue weighted by Crippen LogP contribution is -2.56. The highest BCUT2D eigenvalue weighted by Gasteiger charge is 2.54. The summed E-state index contributed by atoms with van der Waals surface area (Å²) < 4.78 is 17.9. The first-order chi connectivity index (χ1) is 24.7. The number of allylic oxidation sites excluding steroid dienone is 2. The molecule has 10 heteroatoms. The van der Waals surface area contributed by atoms with Crippen molar-refractivity contribution in [3.63, 3.8) is 0 Å². The number of ketones is 3. The van der Waals surface area contributed by atoms with Crippen LogP contribution >= 0.6 is 0 Å².